The molecule has 1 fully saturated rings. The number of ether oxygens (including phenoxy) is 1. The van der Waals surface area contributed by atoms with Crippen molar-refractivity contribution in [3.05, 3.63) is 54.1 Å². The van der Waals surface area contributed by atoms with Crippen LogP contribution in [0.25, 0.3) is 11.1 Å². The first-order valence-corrected chi connectivity index (χ1v) is 7.07. The Kier molecular flexibility index (Phi) is 3.88. The molecular formula is C17H18N2O2. The Bertz CT molecular complexity index is 649. The van der Waals surface area contributed by atoms with Crippen molar-refractivity contribution in [2.24, 2.45) is 0 Å². The molecule has 2 aromatic carbocycles. The molecule has 0 atom stereocenters. The molecule has 0 aromatic heterocycles. The third-order valence-electron chi connectivity index (χ3n) is 3.63. The van der Waals surface area contributed by atoms with Crippen LogP contribution >= 0.6 is 0 Å². The van der Waals surface area contributed by atoms with Crippen LogP contribution in [0.2, 0.25) is 0 Å². The summed E-state index contributed by atoms with van der Waals surface area (Å²) in [7, 11) is 0. The van der Waals surface area contributed by atoms with Gasteiger partial charge in [0.2, 0.25) is 0 Å². The topological polar surface area (TPSA) is 55.6 Å². The van der Waals surface area contributed by atoms with E-state index in [0.717, 1.165) is 16.8 Å². The minimum atomic E-state index is 0.0593. The SMILES string of the molecule is Nc1cccc(-c2cccc(C(=O)N3CCOCC3)c2)c1. The third-order valence-corrected chi connectivity index (χ3v) is 3.63. The van der Waals surface area contributed by atoms with Crippen molar-refractivity contribution in [3.63, 3.8) is 0 Å². The summed E-state index contributed by atoms with van der Waals surface area (Å²) in [6, 6.07) is 15.4. The lowest BCUT2D eigenvalue weighted by Gasteiger charge is -2.27. The lowest BCUT2D eigenvalue weighted by atomic mass is 10.0. The van der Waals surface area contributed by atoms with Crippen molar-refractivity contribution in [2.45, 2.75) is 0 Å². The summed E-state index contributed by atoms with van der Waals surface area (Å²) in [6.45, 7) is 2.53. The van der Waals surface area contributed by atoms with E-state index in [4.69, 9.17) is 10.5 Å². The van der Waals surface area contributed by atoms with Gasteiger partial charge in [0, 0.05) is 24.3 Å². The molecule has 2 aromatic rings. The Morgan fingerprint density at radius 2 is 1.67 bits per heavy atom. The number of nitrogens with two attached hydrogens (primary N) is 1. The van der Waals surface area contributed by atoms with E-state index in [9.17, 15) is 4.79 Å². The van der Waals surface area contributed by atoms with E-state index in [2.05, 4.69) is 0 Å². The zero-order chi connectivity index (χ0) is 14.7. The number of anilines is 1. The first-order chi connectivity index (χ1) is 10.2. The number of carbonyl (C=O) groups excluding carboxylic acids is 1. The molecule has 4 nitrogen and oxygen atoms in total. The van der Waals surface area contributed by atoms with E-state index in [1.165, 1.54) is 0 Å². The van der Waals surface area contributed by atoms with Crippen LogP contribution in [-0.2, 0) is 4.74 Å². The second kappa shape index (κ2) is 5.97. The van der Waals surface area contributed by atoms with Crippen molar-refractivity contribution >= 4 is 11.6 Å². The van der Waals surface area contributed by atoms with Gasteiger partial charge in [0.05, 0.1) is 13.2 Å². The second-order valence-corrected chi connectivity index (χ2v) is 5.11. The highest BCUT2D eigenvalue weighted by Crippen LogP contribution is 2.23. The summed E-state index contributed by atoms with van der Waals surface area (Å²) in [4.78, 5) is 14.3. The number of nitrogen functional groups attached to an aromatic ring is 1. The normalized spacial score (nSPS) is 15.0. The lowest BCUT2D eigenvalue weighted by molar-refractivity contribution is 0.0303. The Hall–Kier alpha value is -2.33. The lowest BCUT2D eigenvalue weighted by Crippen LogP contribution is -2.40. The maximum Gasteiger partial charge on any atom is 0.254 e. The highest BCUT2D eigenvalue weighted by atomic mass is 16.5. The van der Waals surface area contributed by atoms with Crippen LogP contribution in [0.3, 0.4) is 0 Å². The number of carbonyl (C=O) groups is 1. The molecule has 1 amide bonds. The average Bonchev–Trinajstić information content (AvgIpc) is 2.55. The fourth-order valence-corrected chi connectivity index (χ4v) is 2.50. The third kappa shape index (κ3) is 3.06. The maximum absolute atomic E-state index is 12.5. The minimum Gasteiger partial charge on any atom is -0.399 e. The van der Waals surface area contributed by atoms with Crippen molar-refractivity contribution in [1.29, 1.82) is 0 Å². The number of rotatable bonds is 2. The summed E-state index contributed by atoms with van der Waals surface area (Å²) in [5.41, 5.74) is 9.27. The number of benzene rings is 2. The van der Waals surface area contributed by atoms with E-state index < -0.39 is 0 Å². The van der Waals surface area contributed by atoms with Crippen LogP contribution in [0, 0.1) is 0 Å². The van der Waals surface area contributed by atoms with E-state index >= 15 is 0 Å². The first kappa shape index (κ1) is 13.6. The first-order valence-electron chi connectivity index (χ1n) is 7.07. The highest BCUT2D eigenvalue weighted by molar-refractivity contribution is 5.95. The van der Waals surface area contributed by atoms with Gasteiger partial charge in [-0.05, 0) is 35.4 Å². The van der Waals surface area contributed by atoms with E-state index in [1.54, 1.807) is 0 Å². The molecule has 0 spiro atoms. The molecule has 1 aliphatic rings. The molecule has 21 heavy (non-hydrogen) atoms. The summed E-state index contributed by atoms with van der Waals surface area (Å²) < 4.78 is 5.28. The predicted molar refractivity (Wildman–Crippen MR) is 83.0 cm³/mol. The van der Waals surface area contributed by atoms with Gasteiger partial charge in [0.15, 0.2) is 0 Å². The van der Waals surface area contributed by atoms with Gasteiger partial charge < -0.3 is 15.4 Å². The van der Waals surface area contributed by atoms with Gasteiger partial charge in [-0.1, -0.05) is 24.3 Å². The Morgan fingerprint density at radius 1 is 1.00 bits per heavy atom. The van der Waals surface area contributed by atoms with Crippen molar-refractivity contribution < 1.29 is 9.53 Å². The summed E-state index contributed by atoms with van der Waals surface area (Å²) in [5, 5.41) is 0. The van der Waals surface area contributed by atoms with Crippen LogP contribution < -0.4 is 5.73 Å². The number of morpholine rings is 1. The zero-order valence-electron chi connectivity index (χ0n) is 11.8. The van der Waals surface area contributed by atoms with Gasteiger partial charge in [-0.15, -0.1) is 0 Å². The molecule has 4 heteroatoms. The molecule has 108 valence electrons. The Morgan fingerprint density at radius 3 is 2.38 bits per heavy atom. The molecule has 1 aliphatic heterocycles. The van der Waals surface area contributed by atoms with Gasteiger partial charge in [0.25, 0.3) is 5.91 Å². The van der Waals surface area contributed by atoms with Crippen LogP contribution in [0.15, 0.2) is 48.5 Å². The van der Waals surface area contributed by atoms with Crippen molar-refractivity contribution in [1.82, 2.24) is 4.90 Å². The molecule has 0 saturated carbocycles. The molecule has 0 aliphatic carbocycles. The number of hydrogen-bond acceptors (Lipinski definition) is 3. The van der Waals surface area contributed by atoms with E-state index in [0.29, 0.717) is 31.9 Å². The summed E-state index contributed by atoms with van der Waals surface area (Å²) in [5.74, 6) is 0.0593. The molecule has 1 saturated heterocycles. The van der Waals surface area contributed by atoms with Gasteiger partial charge in [0.1, 0.15) is 0 Å². The minimum absolute atomic E-state index is 0.0593. The summed E-state index contributed by atoms with van der Waals surface area (Å²) >= 11 is 0. The Balaban J connectivity index is 1.87. The Labute approximate surface area is 124 Å². The average molecular weight is 282 g/mol. The van der Waals surface area contributed by atoms with Gasteiger partial charge in [-0.3, -0.25) is 4.79 Å². The second-order valence-electron chi connectivity index (χ2n) is 5.11. The largest absolute Gasteiger partial charge is 0.399 e. The molecule has 0 radical (unpaired) electrons. The van der Waals surface area contributed by atoms with Crippen LogP contribution in [0.1, 0.15) is 10.4 Å². The molecule has 0 unspecified atom stereocenters. The maximum atomic E-state index is 12.5. The van der Waals surface area contributed by atoms with Crippen LogP contribution in [-0.4, -0.2) is 37.1 Å². The fraction of sp³-hybridized carbons (Fsp3) is 0.235. The van der Waals surface area contributed by atoms with E-state index in [-0.39, 0.29) is 5.91 Å². The fourth-order valence-electron chi connectivity index (χ4n) is 2.50. The quantitative estimate of drug-likeness (QED) is 0.861. The van der Waals surface area contributed by atoms with E-state index in [1.807, 2.05) is 53.4 Å². The van der Waals surface area contributed by atoms with Gasteiger partial charge in [-0.25, -0.2) is 0 Å². The molecular weight excluding hydrogens is 264 g/mol. The standard InChI is InChI=1S/C17H18N2O2/c18-16-6-2-4-14(12-16)13-3-1-5-15(11-13)17(20)19-7-9-21-10-8-19/h1-6,11-12H,7-10,18H2. The molecule has 2 N–H and O–H groups in total. The van der Waals surface area contributed by atoms with Crippen molar-refractivity contribution in [2.75, 3.05) is 32.0 Å². The zero-order valence-corrected chi connectivity index (χ0v) is 11.8. The van der Waals surface area contributed by atoms with Crippen LogP contribution in [0.5, 0.6) is 0 Å². The molecule has 0 bridgehead atoms. The predicted octanol–water partition coefficient (Wildman–Crippen LogP) is 2.41. The van der Waals surface area contributed by atoms with Crippen LogP contribution in [0.4, 0.5) is 5.69 Å². The molecule has 3 rings (SSSR count). The highest BCUT2D eigenvalue weighted by Gasteiger charge is 2.18. The van der Waals surface area contributed by atoms with Crippen molar-refractivity contribution in [3.8, 4) is 11.1 Å². The van der Waals surface area contributed by atoms with Gasteiger partial charge >= 0.3 is 0 Å². The summed E-state index contributed by atoms with van der Waals surface area (Å²) in [6.07, 6.45) is 0. The number of nitrogens with zero attached hydrogens (tertiary/aromatic N) is 1. The monoisotopic (exact) mass is 282 g/mol. The number of amides is 1. The smallest absolute Gasteiger partial charge is 0.254 e. The molecule has 1 heterocycles. The number of hydrogen-bond donors (Lipinski definition) is 1. The van der Waals surface area contributed by atoms with Gasteiger partial charge in [-0.2, -0.15) is 0 Å².